The third-order valence-electron chi connectivity index (χ3n) is 2.39. The molecule has 1 rings (SSSR count). The van der Waals surface area contributed by atoms with E-state index in [0.717, 1.165) is 4.47 Å². The van der Waals surface area contributed by atoms with E-state index < -0.39 is 19.0 Å². The van der Waals surface area contributed by atoms with E-state index in [9.17, 15) is 9.36 Å². The van der Waals surface area contributed by atoms with E-state index in [1.54, 1.807) is 38.1 Å². The molecule has 21 heavy (non-hydrogen) atoms. The van der Waals surface area contributed by atoms with Crippen molar-refractivity contribution in [2.45, 2.75) is 19.9 Å². The molecule has 2 atom stereocenters. The third-order valence-corrected chi connectivity index (χ3v) is 4.16. The van der Waals surface area contributed by atoms with Gasteiger partial charge in [-0.05, 0) is 30.2 Å². The molecule has 1 N–H and O–H groups in total. The second-order valence-electron chi connectivity index (χ2n) is 4.43. The Balaban J connectivity index is 2.72. The molecule has 0 saturated heterocycles. The fraction of sp³-hybridized carbons (Fsp3) is 0.417. The van der Waals surface area contributed by atoms with Crippen LogP contribution in [0.5, 0.6) is 5.75 Å². The summed E-state index contributed by atoms with van der Waals surface area (Å²) in [7, 11) is 1.36. The third kappa shape index (κ3) is 6.36. The molecule has 1 aromatic rings. The molecule has 0 aliphatic carbocycles. The minimum absolute atomic E-state index is 0.151. The summed E-state index contributed by atoms with van der Waals surface area (Å²) in [5, 5.41) is 0. The Kier molecular flexibility index (Phi) is 7.16. The maximum absolute atomic E-state index is 12.0. The van der Waals surface area contributed by atoms with Gasteiger partial charge < -0.3 is 13.9 Å². The molecule has 118 valence electrons. The smallest absolute Gasteiger partial charge is 0.405 e. The van der Waals surface area contributed by atoms with Crippen molar-refractivity contribution in [2.24, 2.45) is 5.92 Å². The van der Waals surface area contributed by atoms with Gasteiger partial charge in [0.05, 0.1) is 7.11 Å². The Morgan fingerprint density at radius 2 is 1.90 bits per heavy atom. The van der Waals surface area contributed by atoms with Gasteiger partial charge in [-0.2, -0.15) is 5.48 Å². The maximum Gasteiger partial charge on any atom is 0.532 e. The minimum Gasteiger partial charge on any atom is -0.405 e. The molecule has 0 aliphatic heterocycles. The highest BCUT2D eigenvalue weighted by atomic mass is 79.9. The molecule has 0 aliphatic rings. The van der Waals surface area contributed by atoms with Crippen LogP contribution < -0.4 is 10.0 Å². The second kappa shape index (κ2) is 8.15. The number of rotatable bonds is 7. The van der Waals surface area contributed by atoms with Gasteiger partial charge >= 0.3 is 12.9 Å². The van der Waals surface area contributed by atoms with Crippen molar-refractivity contribution in [1.29, 1.82) is 0 Å². The first-order valence-electron chi connectivity index (χ1n) is 6.02. The van der Waals surface area contributed by atoms with Gasteiger partial charge in [-0.3, -0.25) is 0 Å². The molecule has 2 unspecified atom stereocenters. The number of hydrogen-bond donors (Lipinski definition) is 1. The SMILES string of the molecule is CONC(C(=O)OP(=O)(Cl)Oc1ccc(Br)cc1)C(C)C. The zero-order valence-corrected chi connectivity index (χ0v) is 14.9. The van der Waals surface area contributed by atoms with Gasteiger partial charge in [0.1, 0.15) is 11.8 Å². The normalized spacial score (nSPS) is 15.3. The second-order valence-corrected chi connectivity index (χ2v) is 7.81. The molecule has 0 heterocycles. The van der Waals surface area contributed by atoms with Crippen molar-refractivity contribution < 1.29 is 23.2 Å². The highest BCUT2D eigenvalue weighted by Gasteiger charge is 2.33. The van der Waals surface area contributed by atoms with E-state index >= 15 is 0 Å². The fourth-order valence-electron chi connectivity index (χ4n) is 1.39. The van der Waals surface area contributed by atoms with E-state index in [-0.39, 0.29) is 11.7 Å². The number of nitrogens with one attached hydrogen (secondary N) is 1. The Morgan fingerprint density at radius 1 is 1.33 bits per heavy atom. The molecule has 0 amide bonds. The lowest BCUT2D eigenvalue weighted by atomic mass is 10.1. The number of carbonyl (C=O) groups excluding carboxylic acids is 1. The summed E-state index contributed by atoms with van der Waals surface area (Å²) in [5.41, 5.74) is 2.46. The van der Waals surface area contributed by atoms with Crippen LogP contribution in [0.4, 0.5) is 0 Å². The standard InChI is InChI=1S/C12H16BrClNO5P/c1-8(2)11(15-18-3)12(16)20-21(14,17)19-10-6-4-9(13)5-7-10/h4-8,11,15H,1-3H3. The molecule has 1 aromatic carbocycles. The first kappa shape index (κ1) is 18.5. The lowest BCUT2D eigenvalue weighted by molar-refractivity contribution is -0.142. The Labute approximate surface area is 136 Å². The van der Waals surface area contributed by atoms with Crippen molar-refractivity contribution in [1.82, 2.24) is 5.48 Å². The van der Waals surface area contributed by atoms with Gasteiger partial charge in [-0.15, -0.1) is 0 Å². The van der Waals surface area contributed by atoms with Crippen molar-refractivity contribution in [3.05, 3.63) is 28.7 Å². The first-order chi connectivity index (χ1) is 9.75. The number of halogens is 2. The van der Waals surface area contributed by atoms with Crippen LogP contribution in [0.25, 0.3) is 0 Å². The Bertz CT molecular complexity index is 525. The van der Waals surface area contributed by atoms with Crippen molar-refractivity contribution >= 4 is 40.1 Å². The minimum atomic E-state index is -4.09. The van der Waals surface area contributed by atoms with Crippen LogP contribution in [0.3, 0.4) is 0 Å². The number of hydrogen-bond acceptors (Lipinski definition) is 6. The molecule has 0 bridgehead atoms. The number of carbonyl (C=O) groups is 1. The number of hydroxylamine groups is 1. The predicted octanol–water partition coefficient (Wildman–Crippen LogP) is 3.89. The molecule has 0 fully saturated rings. The zero-order chi connectivity index (χ0) is 16.0. The lowest BCUT2D eigenvalue weighted by Gasteiger charge is -2.20. The van der Waals surface area contributed by atoms with Gasteiger partial charge in [-0.1, -0.05) is 29.8 Å². The highest BCUT2D eigenvalue weighted by molar-refractivity contribution is 9.10. The summed E-state index contributed by atoms with van der Waals surface area (Å²) in [4.78, 5) is 16.6. The largest absolute Gasteiger partial charge is 0.532 e. The summed E-state index contributed by atoms with van der Waals surface area (Å²) in [6.45, 7) is -0.550. The molecule has 9 heteroatoms. The van der Waals surface area contributed by atoms with E-state index in [2.05, 4.69) is 21.4 Å². The van der Waals surface area contributed by atoms with Crippen LogP contribution in [0.2, 0.25) is 0 Å². The summed E-state index contributed by atoms with van der Waals surface area (Å²) in [6, 6.07) is 5.63. The van der Waals surface area contributed by atoms with Gasteiger partial charge in [0.15, 0.2) is 0 Å². The van der Waals surface area contributed by atoms with E-state index in [4.69, 9.17) is 25.1 Å². The lowest BCUT2D eigenvalue weighted by Crippen LogP contribution is -2.41. The summed E-state index contributed by atoms with van der Waals surface area (Å²) >= 11 is 8.92. The van der Waals surface area contributed by atoms with Crippen LogP contribution in [0, 0.1) is 5.92 Å². The molecule has 0 radical (unpaired) electrons. The van der Waals surface area contributed by atoms with Crippen LogP contribution in [-0.4, -0.2) is 19.1 Å². The van der Waals surface area contributed by atoms with E-state index in [0.29, 0.717) is 0 Å². The summed E-state index contributed by atoms with van der Waals surface area (Å²) in [6.07, 6.45) is 0. The molecule has 0 aromatic heterocycles. The van der Waals surface area contributed by atoms with Gasteiger partial charge in [0.2, 0.25) is 0 Å². The average Bonchev–Trinajstić information content (AvgIpc) is 2.37. The number of benzene rings is 1. The van der Waals surface area contributed by atoms with E-state index in [1.807, 2.05) is 0 Å². The maximum atomic E-state index is 12.0. The molecule has 0 saturated carbocycles. The summed E-state index contributed by atoms with van der Waals surface area (Å²) < 4.78 is 22.6. The molecule has 6 nitrogen and oxygen atoms in total. The zero-order valence-electron chi connectivity index (χ0n) is 11.7. The highest BCUT2D eigenvalue weighted by Crippen LogP contribution is 2.53. The average molecular weight is 401 g/mol. The quantitative estimate of drug-likeness (QED) is 0.553. The Morgan fingerprint density at radius 3 is 2.38 bits per heavy atom. The monoisotopic (exact) mass is 399 g/mol. The predicted molar refractivity (Wildman–Crippen MR) is 83.1 cm³/mol. The van der Waals surface area contributed by atoms with Crippen LogP contribution in [0.1, 0.15) is 13.8 Å². The molecule has 0 spiro atoms. The molecular weight excluding hydrogens is 384 g/mol. The van der Waals surface area contributed by atoms with Crippen molar-refractivity contribution in [3.63, 3.8) is 0 Å². The first-order valence-corrected chi connectivity index (χ1v) is 9.26. The van der Waals surface area contributed by atoms with Crippen molar-refractivity contribution in [3.8, 4) is 5.75 Å². The van der Waals surface area contributed by atoms with Crippen LogP contribution in [0.15, 0.2) is 28.7 Å². The van der Waals surface area contributed by atoms with Crippen LogP contribution >= 0.6 is 34.1 Å². The van der Waals surface area contributed by atoms with Gasteiger partial charge in [0.25, 0.3) is 0 Å². The summed E-state index contributed by atoms with van der Waals surface area (Å²) in [5.74, 6) is -0.741. The van der Waals surface area contributed by atoms with Gasteiger partial charge in [-0.25, -0.2) is 9.36 Å². The fourth-order valence-corrected chi connectivity index (χ4v) is 2.83. The topological polar surface area (TPSA) is 73.9 Å². The van der Waals surface area contributed by atoms with Crippen molar-refractivity contribution in [2.75, 3.05) is 7.11 Å². The van der Waals surface area contributed by atoms with Crippen LogP contribution in [-0.2, 0) is 18.7 Å². The Hall–Kier alpha value is -0.590. The van der Waals surface area contributed by atoms with Gasteiger partial charge in [0, 0.05) is 15.7 Å². The van der Waals surface area contributed by atoms with E-state index in [1.165, 1.54) is 7.11 Å². The molecular formula is C12H16BrClNO5P.